The van der Waals surface area contributed by atoms with Crippen molar-refractivity contribution in [2.75, 3.05) is 34.4 Å². The molecule has 0 unspecified atom stereocenters. The zero-order valence-electron chi connectivity index (χ0n) is 29.2. The van der Waals surface area contributed by atoms with Gasteiger partial charge in [0, 0.05) is 41.4 Å². The Morgan fingerprint density at radius 3 is 2.46 bits per heavy atom. The molecule has 2 bridgehead atoms. The molecule has 5 atom stereocenters. The van der Waals surface area contributed by atoms with Gasteiger partial charge < -0.3 is 43.3 Å². The van der Waals surface area contributed by atoms with Gasteiger partial charge in [0.2, 0.25) is 12.5 Å². The number of rotatable bonds is 8. The maximum atomic E-state index is 13.3. The summed E-state index contributed by atoms with van der Waals surface area (Å²) in [6.07, 6.45) is -4.82. The topological polar surface area (TPSA) is 141 Å². The van der Waals surface area contributed by atoms with E-state index >= 15 is 0 Å². The van der Waals surface area contributed by atoms with Crippen LogP contribution in [-0.4, -0.2) is 83.0 Å². The number of nitrogens with one attached hydrogen (secondary N) is 1. The Balaban J connectivity index is 1.55. The number of ether oxygens (including phenoxy) is 6. The first-order valence-corrected chi connectivity index (χ1v) is 19.2. The Morgan fingerprint density at radius 1 is 1.14 bits per heavy atom. The summed E-state index contributed by atoms with van der Waals surface area (Å²) in [5, 5.41) is 26.0. The van der Waals surface area contributed by atoms with E-state index in [0.717, 1.165) is 0 Å². The van der Waals surface area contributed by atoms with Crippen molar-refractivity contribution in [1.82, 2.24) is 10.2 Å². The van der Waals surface area contributed by atoms with Crippen LogP contribution in [0.5, 0.6) is 34.5 Å². The highest BCUT2D eigenvalue weighted by Crippen LogP contribution is 2.57. The fraction of sp³-hybridized carbons (Fsp3) is 0.588. The number of nitriles is 1. The van der Waals surface area contributed by atoms with Gasteiger partial charge in [-0.2, -0.15) is 18.4 Å². The summed E-state index contributed by atoms with van der Waals surface area (Å²) >= 11 is 0. The van der Waals surface area contributed by atoms with Crippen molar-refractivity contribution in [3.05, 3.63) is 33.9 Å². The lowest BCUT2D eigenvalue weighted by Gasteiger charge is -2.57. The predicted molar refractivity (Wildman–Crippen MR) is 174 cm³/mol. The summed E-state index contributed by atoms with van der Waals surface area (Å²) in [5.41, 5.74) is 2.93. The normalized spacial score (nSPS) is 24.1. The van der Waals surface area contributed by atoms with E-state index in [2.05, 4.69) is 50.2 Å². The number of fused-ring (bicyclic) bond motifs is 9. The summed E-state index contributed by atoms with van der Waals surface area (Å²) in [6.45, 7) is 12.3. The van der Waals surface area contributed by atoms with Crippen LogP contribution in [0.4, 0.5) is 13.2 Å². The van der Waals surface area contributed by atoms with Gasteiger partial charge in [-0.05, 0) is 49.5 Å². The molecule has 2 aromatic carbocycles. The number of carbonyl (C=O) groups excluding carboxylic acids is 1. The first-order chi connectivity index (χ1) is 23.4. The largest absolute Gasteiger partial charge is 0.507 e. The molecule has 0 spiro atoms. The number of piperazine rings is 1. The van der Waals surface area contributed by atoms with Gasteiger partial charge in [-0.15, -0.1) is 0 Å². The maximum Gasteiger partial charge on any atom is 0.491 e. The Kier molecular flexibility index (Phi) is 9.22. The molecule has 1 saturated heterocycles. The van der Waals surface area contributed by atoms with Crippen LogP contribution in [0.25, 0.3) is 0 Å². The molecule has 50 heavy (non-hydrogen) atoms. The van der Waals surface area contributed by atoms with Crippen molar-refractivity contribution in [2.45, 2.75) is 95.1 Å². The molecule has 2 N–H and O–H groups in total. The highest BCUT2D eigenvalue weighted by molar-refractivity contribution is 6.74. The van der Waals surface area contributed by atoms with Crippen LogP contribution < -0.4 is 29.0 Å². The lowest BCUT2D eigenvalue weighted by molar-refractivity contribution is -0.189. The second-order valence-electron chi connectivity index (χ2n) is 14.5. The molecule has 4 aliphatic rings. The number of hydrogen-bond acceptors (Lipinski definition) is 12. The van der Waals surface area contributed by atoms with Crippen molar-refractivity contribution in [3.8, 4) is 40.6 Å². The number of phenolic OH excluding ortho intramolecular Hbond substituents is 1. The fourth-order valence-corrected chi connectivity index (χ4v) is 8.34. The minimum Gasteiger partial charge on any atom is -0.507 e. The standard InChI is InChI=1S/C34H42F3N3O9Si/c1-16-27(41)18-11-20-26-24-17(10-23(49-32(42)34(35,36)37)29(44-6)30(24)45-14-43-5)9-19(39-26)21(12-38)40(20)22(13-48-50(7,8)33(2,3)4)25(18)31-28(16)46-15-47-31/h10,19-22,26,39,41H,9,11,13-15H2,1-8H3/t19-,20-,21-,22-,26-/m0/s1. The Morgan fingerprint density at radius 2 is 1.84 bits per heavy atom. The zero-order valence-corrected chi connectivity index (χ0v) is 30.2. The van der Waals surface area contributed by atoms with Crippen LogP contribution in [0.1, 0.15) is 60.7 Å². The first-order valence-electron chi connectivity index (χ1n) is 16.3. The van der Waals surface area contributed by atoms with Crippen LogP contribution in [0.2, 0.25) is 18.1 Å². The maximum absolute atomic E-state index is 13.3. The van der Waals surface area contributed by atoms with Gasteiger partial charge in [-0.1, -0.05) is 20.8 Å². The van der Waals surface area contributed by atoms with E-state index in [1.165, 1.54) is 20.3 Å². The molecule has 4 heterocycles. The monoisotopic (exact) mass is 721 g/mol. The molecular formula is C34H42F3N3O9Si. The molecule has 16 heteroatoms. The Hall–Kier alpha value is -3.75. The predicted octanol–water partition coefficient (Wildman–Crippen LogP) is 5.34. The smallest absolute Gasteiger partial charge is 0.491 e. The molecule has 272 valence electrons. The lowest BCUT2D eigenvalue weighted by atomic mass is 9.73. The van der Waals surface area contributed by atoms with Gasteiger partial charge in [0.25, 0.3) is 0 Å². The minimum atomic E-state index is -5.26. The number of phenols is 1. The molecule has 0 radical (unpaired) electrons. The summed E-state index contributed by atoms with van der Waals surface area (Å²) < 4.78 is 80.2. The van der Waals surface area contributed by atoms with E-state index in [0.29, 0.717) is 39.3 Å². The molecular weight excluding hydrogens is 679 g/mol. The van der Waals surface area contributed by atoms with Crippen LogP contribution in [-0.2, 0) is 26.8 Å². The van der Waals surface area contributed by atoms with Crippen molar-refractivity contribution >= 4 is 14.3 Å². The molecule has 1 fully saturated rings. The average Bonchev–Trinajstić information content (AvgIpc) is 3.54. The summed E-state index contributed by atoms with van der Waals surface area (Å²) in [4.78, 5) is 14.1. The van der Waals surface area contributed by atoms with Gasteiger partial charge >= 0.3 is 12.1 Å². The summed E-state index contributed by atoms with van der Waals surface area (Å²) in [6, 6.07) is 0.933. The highest BCUT2D eigenvalue weighted by atomic mass is 28.4. The average molecular weight is 722 g/mol. The van der Waals surface area contributed by atoms with E-state index in [9.17, 15) is 28.3 Å². The molecule has 0 aliphatic carbocycles. The van der Waals surface area contributed by atoms with Crippen molar-refractivity contribution in [2.24, 2.45) is 0 Å². The number of aromatic hydroxyl groups is 1. The quantitative estimate of drug-likeness (QED) is 0.157. The lowest BCUT2D eigenvalue weighted by Crippen LogP contribution is -2.68. The van der Waals surface area contributed by atoms with Crippen LogP contribution in [0, 0.1) is 18.3 Å². The summed E-state index contributed by atoms with van der Waals surface area (Å²) in [7, 11) is 0.288. The summed E-state index contributed by atoms with van der Waals surface area (Å²) in [5.74, 6) is -2.05. The van der Waals surface area contributed by atoms with Crippen molar-refractivity contribution in [1.29, 1.82) is 5.26 Å². The van der Waals surface area contributed by atoms with Gasteiger partial charge in [0.15, 0.2) is 38.1 Å². The number of carbonyl (C=O) groups is 1. The third-order valence-electron chi connectivity index (χ3n) is 10.7. The Labute approximate surface area is 289 Å². The van der Waals surface area contributed by atoms with Gasteiger partial charge in [0.05, 0.1) is 31.9 Å². The van der Waals surface area contributed by atoms with E-state index < -0.39 is 56.4 Å². The van der Waals surface area contributed by atoms with Crippen molar-refractivity contribution < 1.29 is 55.9 Å². The van der Waals surface area contributed by atoms with E-state index in [1.54, 1.807) is 6.92 Å². The molecule has 0 aromatic heterocycles. The number of alkyl halides is 3. The van der Waals surface area contributed by atoms with E-state index in [4.69, 9.17) is 32.8 Å². The number of benzene rings is 2. The number of methoxy groups -OCH3 is 2. The second-order valence-corrected chi connectivity index (χ2v) is 19.3. The Bertz CT molecular complexity index is 1740. The van der Waals surface area contributed by atoms with Gasteiger partial charge in [-0.3, -0.25) is 4.90 Å². The first kappa shape index (κ1) is 36.1. The minimum absolute atomic E-state index is 0.0194. The van der Waals surface area contributed by atoms with E-state index in [1.807, 2.05) is 0 Å². The zero-order chi connectivity index (χ0) is 36.5. The van der Waals surface area contributed by atoms with Crippen LogP contribution in [0.15, 0.2) is 6.07 Å². The van der Waals surface area contributed by atoms with Gasteiger partial charge in [-0.25, -0.2) is 4.79 Å². The number of hydrogen-bond donors (Lipinski definition) is 2. The van der Waals surface area contributed by atoms with Crippen LogP contribution in [0.3, 0.4) is 0 Å². The van der Waals surface area contributed by atoms with E-state index in [-0.39, 0.29) is 55.3 Å². The number of halogens is 3. The molecule has 0 saturated carbocycles. The van der Waals surface area contributed by atoms with Gasteiger partial charge in [0.1, 0.15) is 11.8 Å². The second kappa shape index (κ2) is 12.8. The fourth-order valence-electron chi connectivity index (χ4n) is 7.33. The third kappa shape index (κ3) is 5.82. The number of nitrogens with zero attached hydrogens (tertiary/aromatic N) is 2. The molecule has 0 amide bonds. The number of esters is 1. The molecule has 2 aromatic rings. The SMILES string of the molecule is COCOc1c(OC)c(OC(=O)C(F)(F)F)cc2c1[C@H]1N[C@@H](C2)[C@H](C#N)N2[C@@H](CO[Si](C)(C)C(C)(C)C)c3c(c(O)c(C)c4c3OCO4)C[C@@H]12. The van der Waals surface area contributed by atoms with Crippen molar-refractivity contribution in [3.63, 3.8) is 0 Å². The molecule has 4 aliphatic heterocycles. The highest BCUT2D eigenvalue weighted by Gasteiger charge is 2.55. The van der Waals surface area contributed by atoms with Crippen LogP contribution >= 0.6 is 0 Å². The third-order valence-corrected chi connectivity index (χ3v) is 15.2. The molecule has 6 rings (SSSR count). The molecule has 12 nitrogen and oxygen atoms in total.